The lowest BCUT2D eigenvalue weighted by molar-refractivity contribution is 0.185. The molecule has 0 amide bonds. The molecule has 0 saturated carbocycles. The van der Waals surface area contributed by atoms with Crippen LogP contribution in [-0.2, 0) is 0 Å². The summed E-state index contributed by atoms with van der Waals surface area (Å²) in [7, 11) is 0. The fourth-order valence-corrected chi connectivity index (χ4v) is 1.90. The molecular weight excluding hydrogens is 202 g/mol. The van der Waals surface area contributed by atoms with Crippen molar-refractivity contribution in [3.63, 3.8) is 0 Å². The van der Waals surface area contributed by atoms with Crippen molar-refractivity contribution in [2.24, 2.45) is 5.73 Å². The van der Waals surface area contributed by atoms with Gasteiger partial charge in [0.05, 0.1) is 6.10 Å². The number of benzene rings is 1. The number of aliphatic hydroxyl groups is 1. The van der Waals surface area contributed by atoms with E-state index in [1.54, 1.807) is 19.9 Å². The van der Waals surface area contributed by atoms with Crippen LogP contribution >= 0.6 is 11.6 Å². The third kappa shape index (κ3) is 1.85. The van der Waals surface area contributed by atoms with Gasteiger partial charge in [-0.25, -0.2) is 0 Å². The fraction of sp³-hybridized carbons (Fsp3) is 0.400. The molecular formula is C10H14ClNO2. The number of nitrogens with two attached hydrogens (primary N) is 1. The van der Waals surface area contributed by atoms with Crippen molar-refractivity contribution < 1.29 is 10.2 Å². The highest BCUT2D eigenvalue weighted by Gasteiger charge is 2.17. The fourth-order valence-electron chi connectivity index (χ4n) is 1.47. The van der Waals surface area contributed by atoms with E-state index < -0.39 is 6.10 Å². The van der Waals surface area contributed by atoms with Crippen LogP contribution in [0.25, 0.3) is 0 Å². The molecule has 1 atom stereocenters. The molecule has 0 spiro atoms. The molecule has 14 heavy (non-hydrogen) atoms. The Hall–Kier alpha value is -0.770. The molecule has 4 N–H and O–H groups in total. The van der Waals surface area contributed by atoms with Gasteiger partial charge in [-0.15, -0.1) is 0 Å². The van der Waals surface area contributed by atoms with Gasteiger partial charge < -0.3 is 15.9 Å². The highest BCUT2D eigenvalue weighted by Crippen LogP contribution is 2.34. The lowest BCUT2D eigenvalue weighted by atomic mass is 9.99. The normalized spacial score (nSPS) is 12.9. The topological polar surface area (TPSA) is 66.5 Å². The predicted molar refractivity (Wildman–Crippen MR) is 56.6 cm³/mol. The molecule has 0 fully saturated rings. The Morgan fingerprint density at radius 3 is 2.57 bits per heavy atom. The van der Waals surface area contributed by atoms with Gasteiger partial charge in [0.1, 0.15) is 5.75 Å². The minimum absolute atomic E-state index is 0.0864. The molecule has 0 bridgehead atoms. The summed E-state index contributed by atoms with van der Waals surface area (Å²) in [6.07, 6.45) is -0.825. The number of halogens is 1. The molecule has 4 heteroatoms. The maximum absolute atomic E-state index is 9.65. The minimum Gasteiger partial charge on any atom is -0.507 e. The van der Waals surface area contributed by atoms with Crippen molar-refractivity contribution in [3.05, 3.63) is 27.8 Å². The van der Waals surface area contributed by atoms with E-state index in [2.05, 4.69) is 0 Å². The van der Waals surface area contributed by atoms with Crippen LogP contribution in [0.1, 0.15) is 22.8 Å². The minimum atomic E-state index is -0.825. The average Bonchev–Trinajstić information content (AvgIpc) is 2.14. The number of phenols is 1. The number of hydrogen-bond donors (Lipinski definition) is 3. The second-order valence-electron chi connectivity index (χ2n) is 3.31. The maximum atomic E-state index is 9.65. The maximum Gasteiger partial charge on any atom is 0.121 e. The van der Waals surface area contributed by atoms with Crippen molar-refractivity contribution in [3.8, 4) is 5.75 Å². The molecule has 0 saturated heterocycles. The zero-order chi connectivity index (χ0) is 10.9. The SMILES string of the molecule is Cc1cc(Cl)c(C(O)CN)c(C)c1O. The number of aliphatic hydroxyl groups excluding tert-OH is 1. The van der Waals surface area contributed by atoms with Crippen molar-refractivity contribution >= 4 is 11.6 Å². The summed E-state index contributed by atoms with van der Waals surface area (Å²) in [5.41, 5.74) is 7.14. The van der Waals surface area contributed by atoms with Gasteiger partial charge >= 0.3 is 0 Å². The molecule has 3 nitrogen and oxygen atoms in total. The first-order valence-electron chi connectivity index (χ1n) is 4.35. The van der Waals surface area contributed by atoms with E-state index in [0.717, 1.165) is 0 Å². The van der Waals surface area contributed by atoms with Crippen molar-refractivity contribution in [2.75, 3.05) is 6.54 Å². The van der Waals surface area contributed by atoms with E-state index in [1.165, 1.54) is 0 Å². The van der Waals surface area contributed by atoms with Crippen LogP contribution < -0.4 is 5.73 Å². The average molecular weight is 216 g/mol. The van der Waals surface area contributed by atoms with E-state index in [4.69, 9.17) is 17.3 Å². The molecule has 0 heterocycles. The van der Waals surface area contributed by atoms with Crippen LogP contribution in [0.15, 0.2) is 6.07 Å². The van der Waals surface area contributed by atoms with Crippen LogP contribution in [-0.4, -0.2) is 16.8 Å². The third-order valence-corrected chi connectivity index (χ3v) is 2.60. The van der Waals surface area contributed by atoms with Crippen molar-refractivity contribution in [1.82, 2.24) is 0 Å². The van der Waals surface area contributed by atoms with Crippen LogP contribution in [0, 0.1) is 13.8 Å². The largest absolute Gasteiger partial charge is 0.507 e. The second-order valence-corrected chi connectivity index (χ2v) is 3.72. The van der Waals surface area contributed by atoms with Crippen LogP contribution in [0.4, 0.5) is 0 Å². The Morgan fingerprint density at radius 1 is 1.50 bits per heavy atom. The zero-order valence-corrected chi connectivity index (χ0v) is 8.97. The quantitative estimate of drug-likeness (QED) is 0.703. The first kappa shape index (κ1) is 11.3. The van der Waals surface area contributed by atoms with E-state index in [1.807, 2.05) is 0 Å². The lowest BCUT2D eigenvalue weighted by Gasteiger charge is -2.16. The number of hydrogen-bond acceptors (Lipinski definition) is 3. The summed E-state index contributed by atoms with van der Waals surface area (Å²) in [6, 6.07) is 1.62. The smallest absolute Gasteiger partial charge is 0.121 e. The molecule has 0 aliphatic rings. The van der Waals surface area contributed by atoms with Crippen LogP contribution in [0.5, 0.6) is 5.75 Å². The predicted octanol–water partition coefficient (Wildman–Crippen LogP) is 1.65. The van der Waals surface area contributed by atoms with Crippen LogP contribution in [0.2, 0.25) is 5.02 Å². The third-order valence-electron chi connectivity index (χ3n) is 2.29. The van der Waals surface area contributed by atoms with Gasteiger partial charge in [-0.1, -0.05) is 11.6 Å². The number of phenolic OH excluding ortho intramolecular Hbond substituents is 1. The molecule has 0 radical (unpaired) electrons. The second kappa shape index (κ2) is 4.17. The van der Waals surface area contributed by atoms with Gasteiger partial charge in [-0.05, 0) is 31.0 Å². The molecule has 78 valence electrons. The molecule has 0 aromatic heterocycles. The van der Waals surface area contributed by atoms with Crippen LogP contribution in [0.3, 0.4) is 0 Å². The molecule has 1 rings (SSSR count). The summed E-state index contributed by atoms with van der Waals surface area (Å²) in [6.45, 7) is 3.55. The Morgan fingerprint density at radius 2 is 2.07 bits per heavy atom. The summed E-state index contributed by atoms with van der Waals surface area (Å²) in [5.74, 6) is 0.164. The summed E-state index contributed by atoms with van der Waals surface area (Å²) in [4.78, 5) is 0. The highest BCUT2D eigenvalue weighted by molar-refractivity contribution is 6.31. The van der Waals surface area contributed by atoms with E-state index >= 15 is 0 Å². The Kier molecular flexibility index (Phi) is 3.37. The van der Waals surface area contributed by atoms with Gasteiger partial charge in [0.2, 0.25) is 0 Å². The zero-order valence-electron chi connectivity index (χ0n) is 8.21. The standard InChI is InChI=1S/C10H14ClNO2/c1-5-3-7(11)9(8(13)4-12)6(2)10(5)14/h3,8,13-14H,4,12H2,1-2H3. The van der Waals surface area contributed by atoms with E-state index in [-0.39, 0.29) is 12.3 Å². The molecule has 1 unspecified atom stereocenters. The number of aryl methyl sites for hydroxylation is 1. The van der Waals surface area contributed by atoms with Gasteiger partial charge in [0, 0.05) is 17.1 Å². The van der Waals surface area contributed by atoms with Gasteiger partial charge in [0.15, 0.2) is 0 Å². The van der Waals surface area contributed by atoms with Gasteiger partial charge in [0.25, 0.3) is 0 Å². The molecule has 1 aromatic rings. The Balaban J connectivity index is 3.36. The monoisotopic (exact) mass is 215 g/mol. The van der Waals surface area contributed by atoms with E-state index in [9.17, 15) is 10.2 Å². The van der Waals surface area contributed by atoms with Gasteiger partial charge in [-0.3, -0.25) is 0 Å². The summed E-state index contributed by atoms with van der Waals surface area (Å²) in [5, 5.41) is 19.7. The van der Waals surface area contributed by atoms with Crippen molar-refractivity contribution in [2.45, 2.75) is 20.0 Å². The molecule has 1 aromatic carbocycles. The first-order valence-corrected chi connectivity index (χ1v) is 4.73. The number of aromatic hydroxyl groups is 1. The van der Waals surface area contributed by atoms with Gasteiger partial charge in [-0.2, -0.15) is 0 Å². The number of rotatable bonds is 2. The molecule has 0 aliphatic carbocycles. The summed E-state index contributed by atoms with van der Waals surface area (Å²) < 4.78 is 0. The molecule has 0 aliphatic heterocycles. The Bertz CT molecular complexity index is 352. The lowest BCUT2D eigenvalue weighted by Crippen LogP contribution is -2.13. The Labute approximate surface area is 88.1 Å². The summed E-state index contributed by atoms with van der Waals surface area (Å²) >= 11 is 5.95. The van der Waals surface area contributed by atoms with Crippen molar-refractivity contribution in [1.29, 1.82) is 0 Å². The first-order chi connectivity index (χ1) is 6.49. The van der Waals surface area contributed by atoms with E-state index in [0.29, 0.717) is 21.7 Å². The highest BCUT2D eigenvalue weighted by atomic mass is 35.5.